The Bertz CT molecular complexity index is 921. The third-order valence-electron chi connectivity index (χ3n) is 3.63. The van der Waals surface area contributed by atoms with Gasteiger partial charge < -0.3 is 19.5 Å². The van der Waals surface area contributed by atoms with Gasteiger partial charge in [-0.15, -0.1) is 0 Å². The van der Waals surface area contributed by atoms with E-state index >= 15 is 0 Å². The Kier molecular flexibility index (Phi) is 7.01. The summed E-state index contributed by atoms with van der Waals surface area (Å²) >= 11 is 0. The zero-order chi connectivity index (χ0) is 21.6. The largest absolute Gasteiger partial charge is 0.494 e. The molecule has 2 aromatic rings. The van der Waals surface area contributed by atoms with Crippen molar-refractivity contribution in [3.05, 3.63) is 58.1 Å². The van der Waals surface area contributed by atoms with Crippen LogP contribution in [0.2, 0.25) is 0 Å². The molecule has 0 saturated carbocycles. The number of benzene rings is 2. The van der Waals surface area contributed by atoms with Crippen LogP contribution < -0.4 is 14.8 Å². The lowest BCUT2D eigenvalue weighted by atomic mass is 10.2. The fourth-order valence-corrected chi connectivity index (χ4v) is 2.24. The lowest BCUT2D eigenvalue weighted by molar-refractivity contribution is -0.384. The van der Waals surface area contributed by atoms with E-state index in [2.05, 4.69) is 10.1 Å². The van der Waals surface area contributed by atoms with Crippen molar-refractivity contribution in [2.75, 3.05) is 12.4 Å². The summed E-state index contributed by atoms with van der Waals surface area (Å²) in [5, 5.41) is 13.2. The van der Waals surface area contributed by atoms with Gasteiger partial charge in [0.2, 0.25) is 0 Å². The average molecular weight is 410 g/mol. The molecule has 2 rings (SSSR count). The van der Waals surface area contributed by atoms with Gasteiger partial charge in [0.15, 0.2) is 6.10 Å². The van der Waals surface area contributed by atoms with E-state index in [4.69, 9.17) is 9.47 Å². The number of nitro groups is 1. The number of esters is 1. The monoisotopic (exact) mass is 410 g/mol. The number of methoxy groups -OCH3 is 1. The predicted octanol–water partition coefficient (Wildman–Crippen LogP) is 3.39. The average Bonchev–Trinajstić information content (AvgIpc) is 2.67. The number of nitrogens with one attached hydrogen (secondary N) is 1. The number of carbonyl (C=O) groups excluding carboxylic acids is 2. The molecule has 11 heteroatoms. The molecule has 29 heavy (non-hydrogen) atoms. The molecule has 0 bridgehead atoms. The van der Waals surface area contributed by atoms with Crippen LogP contribution in [-0.2, 0) is 9.53 Å². The maximum atomic E-state index is 12.5. The van der Waals surface area contributed by atoms with E-state index in [1.807, 2.05) is 0 Å². The van der Waals surface area contributed by atoms with Crippen LogP contribution in [0.5, 0.6) is 11.5 Å². The van der Waals surface area contributed by atoms with Crippen molar-refractivity contribution in [3.63, 3.8) is 0 Å². The molecule has 0 spiro atoms. The number of halogens is 2. The summed E-state index contributed by atoms with van der Waals surface area (Å²) in [6.45, 7) is -1.87. The highest BCUT2D eigenvalue weighted by Crippen LogP contribution is 2.29. The van der Waals surface area contributed by atoms with Crippen LogP contribution in [-0.4, -0.2) is 36.6 Å². The first kappa shape index (κ1) is 21.5. The Morgan fingerprint density at radius 1 is 1.14 bits per heavy atom. The second-order valence-electron chi connectivity index (χ2n) is 5.55. The fraction of sp³-hybridized carbons (Fsp3) is 0.222. The topological polar surface area (TPSA) is 117 Å². The van der Waals surface area contributed by atoms with Crippen LogP contribution in [0.4, 0.5) is 20.2 Å². The number of nitrogens with zero attached hydrogens (tertiary/aromatic N) is 1. The van der Waals surface area contributed by atoms with Crippen molar-refractivity contribution in [2.24, 2.45) is 0 Å². The van der Waals surface area contributed by atoms with E-state index < -0.39 is 35.3 Å². The summed E-state index contributed by atoms with van der Waals surface area (Å²) in [6.07, 6.45) is -1.32. The molecule has 0 aliphatic rings. The van der Waals surface area contributed by atoms with Gasteiger partial charge in [0.1, 0.15) is 17.1 Å². The van der Waals surface area contributed by atoms with Gasteiger partial charge in [0, 0.05) is 6.07 Å². The Morgan fingerprint density at radius 3 is 2.45 bits per heavy atom. The molecule has 9 nitrogen and oxygen atoms in total. The van der Waals surface area contributed by atoms with Gasteiger partial charge in [0.05, 0.1) is 23.8 Å². The summed E-state index contributed by atoms with van der Waals surface area (Å²) in [4.78, 5) is 34.7. The molecule has 2 aromatic carbocycles. The fourth-order valence-electron chi connectivity index (χ4n) is 2.24. The number of carbonyl (C=O) groups is 2. The minimum Gasteiger partial charge on any atom is -0.494 e. The predicted molar refractivity (Wildman–Crippen MR) is 96.2 cm³/mol. The molecule has 0 fully saturated rings. The molecule has 0 radical (unpaired) electrons. The van der Waals surface area contributed by atoms with Gasteiger partial charge in [0.25, 0.3) is 11.6 Å². The maximum Gasteiger partial charge on any atom is 0.387 e. The van der Waals surface area contributed by atoms with Crippen LogP contribution in [0.3, 0.4) is 0 Å². The first-order valence-electron chi connectivity index (χ1n) is 8.11. The summed E-state index contributed by atoms with van der Waals surface area (Å²) in [6, 6.07) is 8.72. The van der Waals surface area contributed by atoms with Crippen LogP contribution >= 0.6 is 0 Å². The van der Waals surface area contributed by atoms with E-state index in [0.717, 1.165) is 18.2 Å². The number of anilines is 1. The molecule has 0 aliphatic heterocycles. The number of hydrogen-bond acceptors (Lipinski definition) is 7. The number of amides is 1. The van der Waals surface area contributed by atoms with Crippen molar-refractivity contribution in [2.45, 2.75) is 19.6 Å². The number of hydrogen-bond donors (Lipinski definition) is 1. The van der Waals surface area contributed by atoms with Gasteiger partial charge in [-0.25, -0.2) is 4.79 Å². The third kappa shape index (κ3) is 5.61. The number of ether oxygens (including phenoxy) is 3. The zero-order valence-corrected chi connectivity index (χ0v) is 15.3. The molecule has 0 aromatic heterocycles. The van der Waals surface area contributed by atoms with Crippen molar-refractivity contribution in [3.8, 4) is 11.5 Å². The van der Waals surface area contributed by atoms with Gasteiger partial charge >= 0.3 is 12.6 Å². The Balaban J connectivity index is 2.10. The summed E-state index contributed by atoms with van der Waals surface area (Å²) in [5.74, 6) is -2.17. The number of rotatable bonds is 8. The van der Waals surface area contributed by atoms with Crippen LogP contribution in [0.15, 0.2) is 42.5 Å². The maximum absolute atomic E-state index is 12.5. The first-order chi connectivity index (χ1) is 13.7. The molecule has 1 N–H and O–H groups in total. The summed E-state index contributed by atoms with van der Waals surface area (Å²) < 4.78 is 39.2. The van der Waals surface area contributed by atoms with Gasteiger partial charge in [-0.2, -0.15) is 8.78 Å². The standard InChI is InChI=1S/C18H16F2N2O7/c1-10(28-17(24)12-5-3-4-6-14(12)29-18(19)20)16(23)21-13-8-7-11(22(25)26)9-15(13)27-2/h3-10,18H,1-2H3,(H,21,23)/t10-/m1/s1. The lowest BCUT2D eigenvalue weighted by Gasteiger charge is -2.16. The Hall–Kier alpha value is -3.76. The van der Waals surface area contributed by atoms with E-state index in [9.17, 15) is 28.5 Å². The molecule has 0 saturated heterocycles. The molecular weight excluding hydrogens is 394 g/mol. The zero-order valence-electron chi connectivity index (χ0n) is 15.3. The van der Waals surface area contributed by atoms with E-state index in [1.54, 1.807) is 0 Å². The van der Waals surface area contributed by atoms with Crippen molar-refractivity contribution in [1.82, 2.24) is 0 Å². The second kappa shape index (κ2) is 9.44. The number of para-hydroxylation sites is 1. The van der Waals surface area contributed by atoms with Crippen molar-refractivity contribution >= 4 is 23.3 Å². The summed E-state index contributed by atoms with van der Waals surface area (Å²) in [7, 11) is 1.26. The Labute approximate surface area is 163 Å². The second-order valence-corrected chi connectivity index (χ2v) is 5.55. The van der Waals surface area contributed by atoms with E-state index in [0.29, 0.717) is 0 Å². The van der Waals surface area contributed by atoms with Gasteiger partial charge in [-0.1, -0.05) is 12.1 Å². The van der Waals surface area contributed by atoms with Crippen LogP contribution in [0.25, 0.3) is 0 Å². The molecular formula is C18H16F2N2O7. The highest BCUT2D eigenvalue weighted by Gasteiger charge is 2.23. The Morgan fingerprint density at radius 2 is 1.83 bits per heavy atom. The molecule has 0 aliphatic carbocycles. The lowest BCUT2D eigenvalue weighted by Crippen LogP contribution is -2.30. The normalized spacial score (nSPS) is 11.5. The minimum atomic E-state index is -3.14. The molecule has 1 atom stereocenters. The van der Waals surface area contributed by atoms with Gasteiger partial charge in [-0.3, -0.25) is 14.9 Å². The molecule has 154 valence electrons. The highest BCUT2D eigenvalue weighted by atomic mass is 19.3. The van der Waals surface area contributed by atoms with Gasteiger partial charge in [-0.05, 0) is 25.1 Å². The van der Waals surface area contributed by atoms with E-state index in [1.165, 1.54) is 38.3 Å². The number of non-ortho nitro benzene ring substituents is 1. The minimum absolute atomic E-state index is 0.0294. The highest BCUT2D eigenvalue weighted by molar-refractivity contribution is 5.99. The number of alkyl halides is 2. The van der Waals surface area contributed by atoms with Crippen molar-refractivity contribution < 1.29 is 37.5 Å². The molecule has 0 unspecified atom stereocenters. The number of nitro benzene ring substituents is 1. The smallest absolute Gasteiger partial charge is 0.387 e. The van der Waals surface area contributed by atoms with Crippen LogP contribution in [0, 0.1) is 10.1 Å². The molecule has 0 heterocycles. The van der Waals surface area contributed by atoms with Crippen LogP contribution in [0.1, 0.15) is 17.3 Å². The van der Waals surface area contributed by atoms with E-state index in [-0.39, 0.29) is 22.7 Å². The molecule has 1 amide bonds. The van der Waals surface area contributed by atoms with Crippen molar-refractivity contribution in [1.29, 1.82) is 0 Å². The summed E-state index contributed by atoms with van der Waals surface area (Å²) in [5.41, 5.74) is -0.400. The third-order valence-corrected chi connectivity index (χ3v) is 3.63. The SMILES string of the molecule is COc1cc([N+](=O)[O-])ccc1NC(=O)[C@@H](C)OC(=O)c1ccccc1OC(F)F. The first-order valence-corrected chi connectivity index (χ1v) is 8.11. The quantitative estimate of drug-likeness (QED) is 0.403.